The van der Waals surface area contributed by atoms with Crippen molar-refractivity contribution in [1.29, 1.82) is 0 Å². The Morgan fingerprint density at radius 1 is 1.33 bits per heavy atom. The molecule has 0 aromatic carbocycles. The van der Waals surface area contributed by atoms with Crippen molar-refractivity contribution in [3.8, 4) is 0 Å². The molecule has 1 spiro atoms. The smallest absolute Gasteiger partial charge is 0.244 e. The van der Waals surface area contributed by atoms with E-state index in [0.717, 1.165) is 38.7 Å². The minimum absolute atomic E-state index is 0.226. The molecule has 1 saturated heterocycles. The first-order chi connectivity index (χ1) is 10.1. The highest BCUT2D eigenvalue weighted by atomic mass is 16.5. The molecule has 0 aromatic heterocycles. The van der Waals surface area contributed by atoms with E-state index in [9.17, 15) is 4.79 Å². The maximum Gasteiger partial charge on any atom is 0.244 e. The Morgan fingerprint density at radius 2 is 2.00 bits per heavy atom. The lowest BCUT2D eigenvalue weighted by Gasteiger charge is -2.43. The van der Waals surface area contributed by atoms with Crippen LogP contribution in [0.25, 0.3) is 0 Å². The fraction of sp³-hybridized carbons (Fsp3) is 0.941. The maximum atomic E-state index is 13.0. The Labute approximate surface area is 128 Å². The van der Waals surface area contributed by atoms with Crippen LogP contribution in [0.5, 0.6) is 0 Å². The molecule has 1 heterocycles. The molecule has 120 valence electrons. The number of rotatable bonds is 5. The van der Waals surface area contributed by atoms with E-state index in [-0.39, 0.29) is 11.7 Å². The molecule has 3 fully saturated rings. The van der Waals surface area contributed by atoms with Crippen LogP contribution in [0.3, 0.4) is 0 Å². The summed E-state index contributed by atoms with van der Waals surface area (Å²) in [6.45, 7) is 7.31. The Balaban J connectivity index is 1.71. The number of carbonyl (C=O) groups is 1. The van der Waals surface area contributed by atoms with E-state index in [1.54, 1.807) is 0 Å². The molecule has 0 bridgehead atoms. The molecule has 0 radical (unpaired) electrons. The van der Waals surface area contributed by atoms with Crippen LogP contribution in [0.15, 0.2) is 0 Å². The second-order valence-electron chi connectivity index (χ2n) is 7.49. The molecule has 3 aliphatic rings. The third-order valence-corrected chi connectivity index (χ3v) is 5.44. The number of amides is 1. The molecule has 4 heteroatoms. The Hall–Kier alpha value is -0.610. The van der Waals surface area contributed by atoms with Crippen LogP contribution in [0.2, 0.25) is 0 Å². The minimum Gasteiger partial charge on any atom is -0.378 e. The molecule has 2 aliphatic carbocycles. The van der Waals surface area contributed by atoms with Crippen LogP contribution in [0.1, 0.15) is 65.7 Å². The second kappa shape index (κ2) is 5.88. The largest absolute Gasteiger partial charge is 0.378 e. The monoisotopic (exact) mass is 294 g/mol. The summed E-state index contributed by atoms with van der Waals surface area (Å²) in [5.41, 5.74) is -0.226. The first-order valence-corrected chi connectivity index (χ1v) is 8.78. The summed E-state index contributed by atoms with van der Waals surface area (Å²) in [6.07, 6.45) is 8.13. The summed E-state index contributed by atoms with van der Waals surface area (Å²) in [7, 11) is 0. The fourth-order valence-corrected chi connectivity index (χ4v) is 4.35. The van der Waals surface area contributed by atoms with Gasteiger partial charge in [0.1, 0.15) is 0 Å². The van der Waals surface area contributed by atoms with E-state index in [2.05, 4.69) is 24.1 Å². The second-order valence-corrected chi connectivity index (χ2v) is 7.49. The van der Waals surface area contributed by atoms with Crippen molar-refractivity contribution in [2.24, 2.45) is 5.92 Å². The van der Waals surface area contributed by atoms with Gasteiger partial charge in [-0.15, -0.1) is 0 Å². The number of hydrogen-bond donors (Lipinski definition) is 1. The van der Waals surface area contributed by atoms with E-state index in [4.69, 9.17) is 4.74 Å². The van der Waals surface area contributed by atoms with Crippen molar-refractivity contribution in [2.75, 3.05) is 6.61 Å². The van der Waals surface area contributed by atoms with Gasteiger partial charge in [0, 0.05) is 12.6 Å². The lowest BCUT2D eigenvalue weighted by atomic mass is 9.86. The Kier molecular flexibility index (Phi) is 4.28. The van der Waals surface area contributed by atoms with E-state index in [1.807, 2.05) is 6.92 Å². The molecule has 1 atom stereocenters. The third-order valence-electron chi connectivity index (χ3n) is 5.44. The van der Waals surface area contributed by atoms with Crippen LogP contribution < -0.4 is 5.32 Å². The first-order valence-electron chi connectivity index (χ1n) is 8.78. The van der Waals surface area contributed by atoms with Gasteiger partial charge in [0.25, 0.3) is 0 Å². The first kappa shape index (κ1) is 15.3. The van der Waals surface area contributed by atoms with Crippen molar-refractivity contribution < 1.29 is 9.53 Å². The third kappa shape index (κ3) is 2.72. The SMILES string of the molecule is CCOC1CC(N2C(=O)C3(CCCC3)NC2CC(C)C)C1. The highest BCUT2D eigenvalue weighted by Gasteiger charge is 2.55. The number of carbonyl (C=O) groups excluding carboxylic acids is 1. The molecule has 1 aliphatic heterocycles. The summed E-state index contributed by atoms with van der Waals surface area (Å²) >= 11 is 0. The number of nitrogens with zero attached hydrogens (tertiary/aromatic N) is 1. The maximum absolute atomic E-state index is 13.0. The summed E-state index contributed by atoms with van der Waals surface area (Å²) in [5, 5.41) is 3.73. The zero-order valence-electron chi connectivity index (χ0n) is 13.7. The van der Waals surface area contributed by atoms with Gasteiger partial charge in [0.05, 0.1) is 17.8 Å². The number of hydrogen-bond acceptors (Lipinski definition) is 3. The van der Waals surface area contributed by atoms with Crippen molar-refractivity contribution in [3.05, 3.63) is 0 Å². The van der Waals surface area contributed by atoms with Crippen LogP contribution in [-0.2, 0) is 9.53 Å². The Bertz CT molecular complexity index is 384. The normalized spacial score (nSPS) is 35.0. The van der Waals surface area contributed by atoms with Crippen LogP contribution in [-0.4, -0.2) is 41.3 Å². The summed E-state index contributed by atoms with van der Waals surface area (Å²) in [4.78, 5) is 15.2. The predicted molar refractivity (Wildman–Crippen MR) is 82.9 cm³/mol. The standard InChI is InChI=1S/C17H30N2O2/c1-4-21-14-10-13(11-14)19-15(9-12(2)3)18-17(16(19)20)7-5-6-8-17/h12-15,18H,4-11H2,1-3H3. The van der Waals surface area contributed by atoms with E-state index in [1.165, 1.54) is 12.8 Å². The molecule has 2 saturated carbocycles. The summed E-state index contributed by atoms with van der Waals surface area (Å²) in [5.74, 6) is 0.989. The molecular formula is C17H30N2O2. The van der Waals surface area contributed by atoms with Gasteiger partial charge < -0.3 is 9.64 Å². The number of ether oxygens (including phenoxy) is 1. The van der Waals surface area contributed by atoms with Gasteiger partial charge in [-0.3, -0.25) is 10.1 Å². The van der Waals surface area contributed by atoms with E-state index < -0.39 is 0 Å². The van der Waals surface area contributed by atoms with Gasteiger partial charge >= 0.3 is 0 Å². The number of nitrogens with one attached hydrogen (secondary N) is 1. The van der Waals surface area contributed by atoms with E-state index >= 15 is 0 Å². The fourth-order valence-electron chi connectivity index (χ4n) is 4.35. The average molecular weight is 294 g/mol. The topological polar surface area (TPSA) is 41.6 Å². The lowest BCUT2D eigenvalue weighted by Crippen LogP contribution is -2.53. The van der Waals surface area contributed by atoms with Crippen molar-refractivity contribution in [1.82, 2.24) is 10.2 Å². The zero-order chi connectivity index (χ0) is 15.0. The molecule has 1 unspecified atom stereocenters. The van der Waals surface area contributed by atoms with E-state index in [0.29, 0.717) is 24.0 Å². The molecule has 4 nitrogen and oxygen atoms in total. The van der Waals surface area contributed by atoms with Crippen LogP contribution >= 0.6 is 0 Å². The molecule has 1 amide bonds. The molecular weight excluding hydrogens is 264 g/mol. The average Bonchev–Trinajstić information content (AvgIpc) is 2.93. The van der Waals surface area contributed by atoms with Crippen molar-refractivity contribution in [3.63, 3.8) is 0 Å². The van der Waals surface area contributed by atoms with Crippen molar-refractivity contribution in [2.45, 2.75) is 89.6 Å². The van der Waals surface area contributed by atoms with Gasteiger partial charge in [0.15, 0.2) is 0 Å². The lowest BCUT2D eigenvalue weighted by molar-refractivity contribution is -0.141. The molecule has 1 N–H and O–H groups in total. The van der Waals surface area contributed by atoms with Gasteiger partial charge in [-0.05, 0) is 44.9 Å². The Morgan fingerprint density at radius 3 is 2.57 bits per heavy atom. The van der Waals surface area contributed by atoms with Gasteiger partial charge in [-0.25, -0.2) is 0 Å². The zero-order valence-corrected chi connectivity index (χ0v) is 13.7. The van der Waals surface area contributed by atoms with Gasteiger partial charge in [0.2, 0.25) is 5.91 Å². The van der Waals surface area contributed by atoms with Crippen LogP contribution in [0, 0.1) is 5.92 Å². The molecule has 21 heavy (non-hydrogen) atoms. The molecule has 3 rings (SSSR count). The predicted octanol–water partition coefficient (Wildman–Crippen LogP) is 2.67. The van der Waals surface area contributed by atoms with Crippen molar-refractivity contribution >= 4 is 5.91 Å². The summed E-state index contributed by atoms with van der Waals surface area (Å²) in [6, 6.07) is 0.394. The quantitative estimate of drug-likeness (QED) is 0.847. The summed E-state index contributed by atoms with van der Waals surface area (Å²) < 4.78 is 5.68. The highest BCUT2D eigenvalue weighted by molar-refractivity contribution is 5.89. The van der Waals surface area contributed by atoms with Gasteiger partial charge in [-0.1, -0.05) is 26.7 Å². The molecule has 0 aromatic rings. The van der Waals surface area contributed by atoms with Crippen LogP contribution in [0.4, 0.5) is 0 Å². The highest BCUT2D eigenvalue weighted by Crippen LogP contribution is 2.41. The van der Waals surface area contributed by atoms with Gasteiger partial charge in [-0.2, -0.15) is 0 Å². The minimum atomic E-state index is -0.226.